The van der Waals surface area contributed by atoms with Gasteiger partial charge in [-0.15, -0.1) is 13.2 Å². The molecule has 0 aliphatic heterocycles. The maximum Gasteiger partial charge on any atom is 0.573 e. The summed E-state index contributed by atoms with van der Waals surface area (Å²) < 4.78 is 45.0. The predicted octanol–water partition coefficient (Wildman–Crippen LogP) is 2.54. The summed E-state index contributed by atoms with van der Waals surface area (Å²) in [5.74, 6) is -2.54. The number of nitro groups is 1. The Labute approximate surface area is 115 Å². The van der Waals surface area contributed by atoms with Crippen molar-refractivity contribution >= 4 is 11.7 Å². The Kier molecular flexibility index (Phi) is 4.70. The number of nitriles is 1. The molecule has 7 nitrogen and oxygen atoms in total. The lowest BCUT2D eigenvalue weighted by Crippen LogP contribution is -2.20. The maximum atomic E-state index is 12.3. The maximum absolute atomic E-state index is 12.3. The Morgan fingerprint density at radius 3 is 2.52 bits per heavy atom. The van der Waals surface area contributed by atoms with E-state index in [1.165, 1.54) is 13.0 Å². The van der Waals surface area contributed by atoms with Crippen LogP contribution in [-0.2, 0) is 4.74 Å². The molecule has 112 valence electrons. The lowest BCUT2D eigenvalue weighted by atomic mass is 10.1. The van der Waals surface area contributed by atoms with E-state index in [4.69, 9.17) is 5.26 Å². The highest BCUT2D eigenvalue weighted by Crippen LogP contribution is 2.38. The monoisotopic (exact) mass is 304 g/mol. The summed E-state index contributed by atoms with van der Waals surface area (Å²) in [6.45, 7) is 1.28. The summed E-state index contributed by atoms with van der Waals surface area (Å²) >= 11 is 0. The molecule has 0 fully saturated rings. The summed E-state index contributed by atoms with van der Waals surface area (Å²) in [6.07, 6.45) is -5.26. The minimum absolute atomic E-state index is 0.133. The van der Waals surface area contributed by atoms with Crippen LogP contribution in [0, 0.1) is 21.4 Å². The number of carbonyl (C=O) groups is 1. The number of nitro benzene ring substituents is 1. The van der Waals surface area contributed by atoms with Crippen molar-refractivity contribution in [1.82, 2.24) is 0 Å². The molecule has 10 heteroatoms. The lowest BCUT2D eigenvalue weighted by Gasteiger charge is -2.12. The summed E-state index contributed by atoms with van der Waals surface area (Å²) in [5, 5.41) is 19.7. The Morgan fingerprint density at radius 2 is 2.10 bits per heavy atom. The largest absolute Gasteiger partial charge is 0.573 e. The van der Waals surface area contributed by atoms with Crippen LogP contribution in [0.5, 0.6) is 5.75 Å². The Bertz CT molecular complexity index is 622. The average molecular weight is 304 g/mol. The minimum Gasteiger partial charge on any atom is -0.462 e. The fourth-order valence-corrected chi connectivity index (χ4v) is 1.43. The topological polar surface area (TPSA) is 102 Å². The van der Waals surface area contributed by atoms with Crippen molar-refractivity contribution in [2.75, 3.05) is 6.61 Å². The predicted molar refractivity (Wildman–Crippen MR) is 60.5 cm³/mol. The van der Waals surface area contributed by atoms with E-state index in [0.717, 1.165) is 12.1 Å². The molecule has 0 atom stereocenters. The zero-order valence-electron chi connectivity index (χ0n) is 10.4. The van der Waals surface area contributed by atoms with Gasteiger partial charge in [-0.1, -0.05) is 0 Å². The van der Waals surface area contributed by atoms with Gasteiger partial charge in [0, 0.05) is 0 Å². The number of esters is 1. The van der Waals surface area contributed by atoms with Crippen molar-refractivity contribution in [2.45, 2.75) is 13.3 Å². The van der Waals surface area contributed by atoms with Crippen molar-refractivity contribution in [3.8, 4) is 11.8 Å². The molecule has 0 bridgehead atoms. The van der Waals surface area contributed by atoms with Crippen molar-refractivity contribution in [2.24, 2.45) is 0 Å². The zero-order chi connectivity index (χ0) is 16.2. The molecule has 0 heterocycles. The number of halogens is 3. The average Bonchev–Trinajstić information content (AvgIpc) is 2.36. The summed E-state index contributed by atoms with van der Waals surface area (Å²) in [7, 11) is 0. The fourth-order valence-electron chi connectivity index (χ4n) is 1.43. The van der Waals surface area contributed by atoms with Crippen LogP contribution in [0.15, 0.2) is 12.1 Å². The third kappa shape index (κ3) is 3.82. The molecular formula is C11H7F3N2O5. The Morgan fingerprint density at radius 1 is 1.48 bits per heavy atom. The molecule has 0 aliphatic rings. The first-order valence-corrected chi connectivity index (χ1v) is 5.35. The molecule has 0 aromatic heterocycles. The van der Waals surface area contributed by atoms with Crippen LogP contribution >= 0.6 is 0 Å². The summed E-state index contributed by atoms with van der Waals surface area (Å²) in [5.41, 5.74) is -2.74. The van der Waals surface area contributed by atoms with Gasteiger partial charge in [0.25, 0.3) is 0 Å². The molecule has 0 aliphatic carbocycles. The lowest BCUT2D eigenvalue weighted by molar-refractivity contribution is -0.389. The molecule has 1 aromatic rings. The number of hydrogen-bond acceptors (Lipinski definition) is 6. The summed E-state index contributed by atoms with van der Waals surface area (Å²) in [4.78, 5) is 21.2. The van der Waals surface area contributed by atoms with E-state index in [9.17, 15) is 28.1 Å². The van der Waals surface area contributed by atoms with E-state index in [1.54, 1.807) is 0 Å². The van der Waals surface area contributed by atoms with Gasteiger partial charge in [-0.25, -0.2) is 4.79 Å². The van der Waals surface area contributed by atoms with E-state index < -0.39 is 39.8 Å². The van der Waals surface area contributed by atoms with Crippen LogP contribution in [0.3, 0.4) is 0 Å². The number of alkyl halides is 3. The first-order valence-electron chi connectivity index (χ1n) is 5.35. The molecule has 1 aromatic carbocycles. The SMILES string of the molecule is CCOC(=O)c1ccc(C#N)c(OC(F)(F)F)c1[N+](=O)[O-]. The van der Waals surface area contributed by atoms with Gasteiger partial charge in [0.15, 0.2) is 0 Å². The number of rotatable bonds is 4. The first-order chi connectivity index (χ1) is 9.71. The van der Waals surface area contributed by atoms with E-state index in [-0.39, 0.29) is 6.61 Å². The van der Waals surface area contributed by atoms with Gasteiger partial charge in [0.05, 0.1) is 11.5 Å². The van der Waals surface area contributed by atoms with Crippen molar-refractivity contribution in [3.05, 3.63) is 33.4 Å². The minimum atomic E-state index is -5.26. The molecule has 0 saturated carbocycles. The number of ether oxygens (including phenoxy) is 2. The van der Waals surface area contributed by atoms with Crippen LogP contribution in [0.1, 0.15) is 22.8 Å². The van der Waals surface area contributed by atoms with Crippen LogP contribution in [-0.4, -0.2) is 23.9 Å². The second kappa shape index (κ2) is 6.08. The molecular weight excluding hydrogens is 297 g/mol. The first kappa shape index (κ1) is 16.2. The number of carbonyl (C=O) groups excluding carboxylic acids is 1. The van der Waals surface area contributed by atoms with Crippen molar-refractivity contribution in [3.63, 3.8) is 0 Å². The fraction of sp³-hybridized carbons (Fsp3) is 0.273. The van der Waals surface area contributed by atoms with Gasteiger partial charge in [0.1, 0.15) is 17.2 Å². The highest BCUT2D eigenvalue weighted by molar-refractivity contribution is 5.95. The van der Waals surface area contributed by atoms with E-state index in [2.05, 4.69) is 9.47 Å². The molecule has 21 heavy (non-hydrogen) atoms. The quantitative estimate of drug-likeness (QED) is 0.481. The Balaban J connectivity index is 3.57. The summed E-state index contributed by atoms with van der Waals surface area (Å²) in [6, 6.07) is 2.97. The standard InChI is InChI=1S/C11H7F3N2O5/c1-2-20-10(17)7-4-3-6(5-15)9(8(7)16(18)19)21-11(12,13)14/h3-4H,2H2,1H3. The molecule has 1 rings (SSSR count). The van der Waals surface area contributed by atoms with E-state index >= 15 is 0 Å². The van der Waals surface area contributed by atoms with Crippen LogP contribution in [0.2, 0.25) is 0 Å². The highest BCUT2D eigenvalue weighted by atomic mass is 19.4. The van der Waals surface area contributed by atoms with Gasteiger partial charge >= 0.3 is 18.0 Å². The van der Waals surface area contributed by atoms with E-state index in [1.807, 2.05) is 0 Å². The van der Waals surface area contributed by atoms with Crippen LogP contribution < -0.4 is 4.74 Å². The van der Waals surface area contributed by atoms with E-state index in [0.29, 0.717) is 0 Å². The molecule has 0 spiro atoms. The normalized spacial score (nSPS) is 10.6. The van der Waals surface area contributed by atoms with Crippen LogP contribution in [0.4, 0.5) is 18.9 Å². The smallest absolute Gasteiger partial charge is 0.462 e. The second-order valence-electron chi connectivity index (χ2n) is 3.48. The zero-order valence-corrected chi connectivity index (χ0v) is 10.4. The highest BCUT2D eigenvalue weighted by Gasteiger charge is 2.38. The molecule has 0 amide bonds. The molecule has 0 saturated heterocycles. The number of hydrogen-bond donors (Lipinski definition) is 0. The van der Waals surface area contributed by atoms with Crippen molar-refractivity contribution < 1.29 is 32.4 Å². The number of nitrogens with zero attached hydrogens (tertiary/aromatic N) is 2. The van der Waals surface area contributed by atoms with Gasteiger partial charge in [-0.3, -0.25) is 10.1 Å². The van der Waals surface area contributed by atoms with Gasteiger partial charge in [-0.05, 0) is 19.1 Å². The van der Waals surface area contributed by atoms with Crippen molar-refractivity contribution in [1.29, 1.82) is 5.26 Å². The third-order valence-corrected chi connectivity index (χ3v) is 2.15. The van der Waals surface area contributed by atoms with Gasteiger partial charge in [0.2, 0.25) is 5.75 Å². The van der Waals surface area contributed by atoms with Gasteiger partial charge < -0.3 is 9.47 Å². The van der Waals surface area contributed by atoms with Crippen LogP contribution in [0.25, 0.3) is 0 Å². The Hall–Kier alpha value is -2.83. The molecule has 0 radical (unpaired) electrons. The second-order valence-corrected chi connectivity index (χ2v) is 3.48. The molecule has 0 N–H and O–H groups in total. The number of benzene rings is 1. The van der Waals surface area contributed by atoms with Gasteiger partial charge in [-0.2, -0.15) is 5.26 Å². The molecule has 0 unspecified atom stereocenters. The third-order valence-electron chi connectivity index (χ3n) is 2.15.